The first-order valence-corrected chi connectivity index (χ1v) is 4.46. The fraction of sp³-hybridized carbons (Fsp3) is 0.273. The van der Waals surface area contributed by atoms with E-state index >= 15 is 0 Å². The molecule has 0 saturated heterocycles. The van der Waals surface area contributed by atoms with Gasteiger partial charge in [-0.25, -0.2) is 0 Å². The summed E-state index contributed by atoms with van der Waals surface area (Å²) in [7, 11) is 0. The molecule has 0 unspecified atom stereocenters. The molecule has 0 aromatic heterocycles. The molecule has 3 heteroatoms. The number of carbonyl (C=O) groups is 2. The SMILES string of the molecule is Cc1cccc2c1C(=O)CC(=O)CO2. The van der Waals surface area contributed by atoms with Gasteiger partial charge >= 0.3 is 0 Å². The normalized spacial score (nSPS) is 15.8. The predicted octanol–water partition coefficient (Wildman–Crippen LogP) is 1.53. The molecule has 0 spiro atoms. The van der Waals surface area contributed by atoms with Crippen LogP contribution in [0.15, 0.2) is 18.2 Å². The number of Topliss-reactive ketones (excluding diaryl/α,β-unsaturated/α-hetero) is 2. The third kappa shape index (κ3) is 1.41. The van der Waals surface area contributed by atoms with Crippen molar-refractivity contribution >= 4 is 11.6 Å². The molecule has 0 aliphatic carbocycles. The van der Waals surface area contributed by atoms with E-state index in [0.29, 0.717) is 11.3 Å². The Morgan fingerprint density at radius 2 is 2.07 bits per heavy atom. The van der Waals surface area contributed by atoms with Gasteiger partial charge in [0.1, 0.15) is 12.4 Å². The molecule has 0 N–H and O–H groups in total. The fourth-order valence-electron chi connectivity index (χ4n) is 1.60. The summed E-state index contributed by atoms with van der Waals surface area (Å²) in [5.74, 6) is 0.229. The molecule has 0 saturated carbocycles. The molecular weight excluding hydrogens is 180 g/mol. The van der Waals surface area contributed by atoms with Crippen molar-refractivity contribution in [3.63, 3.8) is 0 Å². The number of hydrogen-bond donors (Lipinski definition) is 0. The molecule has 72 valence electrons. The second-order valence-electron chi connectivity index (χ2n) is 3.38. The van der Waals surface area contributed by atoms with Gasteiger partial charge in [-0.3, -0.25) is 9.59 Å². The summed E-state index contributed by atoms with van der Waals surface area (Å²) in [4.78, 5) is 22.8. The lowest BCUT2D eigenvalue weighted by Gasteiger charge is -2.06. The van der Waals surface area contributed by atoms with Crippen LogP contribution in [0.3, 0.4) is 0 Å². The average molecular weight is 190 g/mol. The topological polar surface area (TPSA) is 43.4 Å². The zero-order chi connectivity index (χ0) is 10.1. The van der Waals surface area contributed by atoms with Gasteiger partial charge in [0.25, 0.3) is 0 Å². The van der Waals surface area contributed by atoms with Crippen molar-refractivity contribution in [2.75, 3.05) is 6.61 Å². The zero-order valence-electron chi connectivity index (χ0n) is 7.87. The highest BCUT2D eigenvalue weighted by Gasteiger charge is 2.22. The van der Waals surface area contributed by atoms with Gasteiger partial charge < -0.3 is 4.74 Å². The first kappa shape index (κ1) is 8.94. The van der Waals surface area contributed by atoms with Crippen LogP contribution in [0.4, 0.5) is 0 Å². The third-order valence-electron chi connectivity index (χ3n) is 2.26. The Morgan fingerprint density at radius 1 is 1.29 bits per heavy atom. The maximum atomic E-state index is 11.6. The van der Waals surface area contributed by atoms with Crippen LogP contribution < -0.4 is 4.74 Å². The monoisotopic (exact) mass is 190 g/mol. The van der Waals surface area contributed by atoms with Crippen LogP contribution in [0.1, 0.15) is 22.3 Å². The molecule has 0 fully saturated rings. The highest BCUT2D eigenvalue weighted by Crippen LogP contribution is 2.25. The number of hydrogen-bond acceptors (Lipinski definition) is 3. The molecule has 2 rings (SSSR count). The first-order valence-electron chi connectivity index (χ1n) is 4.46. The van der Waals surface area contributed by atoms with E-state index in [9.17, 15) is 9.59 Å². The van der Waals surface area contributed by atoms with E-state index in [1.54, 1.807) is 6.07 Å². The molecule has 1 aromatic rings. The van der Waals surface area contributed by atoms with Gasteiger partial charge in [0, 0.05) is 0 Å². The molecule has 1 aliphatic rings. The molecule has 0 bridgehead atoms. The number of ether oxygens (including phenoxy) is 1. The highest BCUT2D eigenvalue weighted by atomic mass is 16.5. The van der Waals surface area contributed by atoms with Crippen molar-refractivity contribution in [2.45, 2.75) is 13.3 Å². The number of ketones is 2. The van der Waals surface area contributed by atoms with E-state index in [0.717, 1.165) is 5.56 Å². The van der Waals surface area contributed by atoms with Crippen molar-refractivity contribution in [1.82, 2.24) is 0 Å². The van der Waals surface area contributed by atoms with Crippen LogP contribution in [0.2, 0.25) is 0 Å². The molecule has 0 amide bonds. The summed E-state index contributed by atoms with van der Waals surface area (Å²) in [6.45, 7) is 1.85. The van der Waals surface area contributed by atoms with Gasteiger partial charge in [-0.2, -0.15) is 0 Å². The first-order chi connectivity index (χ1) is 6.68. The Labute approximate surface area is 81.7 Å². The predicted molar refractivity (Wildman–Crippen MR) is 50.6 cm³/mol. The van der Waals surface area contributed by atoms with Crippen LogP contribution in [0.5, 0.6) is 5.75 Å². The standard InChI is InChI=1S/C11H10O3/c1-7-3-2-4-10-11(7)9(13)5-8(12)6-14-10/h2-4H,5-6H2,1H3. The molecule has 0 radical (unpaired) electrons. The Balaban J connectivity index is 2.54. The van der Waals surface area contributed by atoms with Crippen molar-refractivity contribution < 1.29 is 14.3 Å². The second-order valence-corrected chi connectivity index (χ2v) is 3.38. The van der Waals surface area contributed by atoms with Gasteiger partial charge in [0.05, 0.1) is 12.0 Å². The summed E-state index contributed by atoms with van der Waals surface area (Å²) < 4.78 is 5.24. The van der Waals surface area contributed by atoms with Gasteiger partial charge in [0.2, 0.25) is 0 Å². The molecule has 1 aliphatic heterocycles. The number of carbonyl (C=O) groups excluding carboxylic acids is 2. The lowest BCUT2D eigenvalue weighted by Crippen LogP contribution is -2.10. The third-order valence-corrected chi connectivity index (χ3v) is 2.26. The molecule has 0 atom stereocenters. The Morgan fingerprint density at radius 3 is 2.86 bits per heavy atom. The Bertz CT molecular complexity index is 407. The van der Waals surface area contributed by atoms with Crippen molar-refractivity contribution in [1.29, 1.82) is 0 Å². The summed E-state index contributed by atoms with van der Waals surface area (Å²) in [6, 6.07) is 5.38. The lowest BCUT2D eigenvalue weighted by molar-refractivity contribution is -0.119. The minimum absolute atomic E-state index is 0.00218. The van der Waals surface area contributed by atoms with Crippen LogP contribution in [0.25, 0.3) is 0 Å². The number of fused-ring (bicyclic) bond motifs is 1. The van der Waals surface area contributed by atoms with Crippen LogP contribution in [0, 0.1) is 6.92 Å². The van der Waals surface area contributed by atoms with Crippen molar-refractivity contribution in [2.24, 2.45) is 0 Å². The van der Waals surface area contributed by atoms with Gasteiger partial charge in [-0.05, 0) is 18.6 Å². The van der Waals surface area contributed by atoms with Crippen LogP contribution >= 0.6 is 0 Å². The average Bonchev–Trinajstić information content (AvgIpc) is 2.27. The smallest absolute Gasteiger partial charge is 0.177 e. The zero-order valence-corrected chi connectivity index (χ0v) is 7.87. The van der Waals surface area contributed by atoms with E-state index in [2.05, 4.69) is 0 Å². The van der Waals surface area contributed by atoms with E-state index < -0.39 is 0 Å². The molecular formula is C11H10O3. The minimum atomic E-state index is -0.161. The summed E-state index contributed by atoms with van der Waals surface area (Å²) in [5.41, 5.74) is 1.42. The maximum Gasteiger partial charge on any atom is 0.177 e. The summed E-state index contributed by atoms with van der Waals surface area (Å²) in [6.07, 6.45) is -0.0438. The minimum Gasteiger partial charge on any atom is -0.485 e. The van der Waals surface area contributed by atoms with Crippen molar-refractivity contribution in [3.8, 4) is 5.75 Å². The molecule has 1 aromatic carbocycles. The summed E-state index contributed by atoms with van der Waals surface area (Å²) in [5, 5.41) is 0. The van der Waals surface area contributed by atoms with E-state index in [1.807, 2.05) is 19.1 Å². The number of benzene rings is 1. The van der Waals surface area contributed by atoms with Gasteiger partial charge in [-0.1, -0.05) is 12.1 Å². The Hall–Kier alpha value is -1.64. The lowest BCUT2D eigenvalue weighted by atomic mass is 10.0. The van der Waals surface area contributed by atoms with Gasteiger partial charge in [-0.15, -0.1) is 0 Å². The fourth-order valence-corrected chi connectivity index (χ4v) is 1.60. The van der Waals surface area contributed by atoms with E-state index in [4.69, 9.17) is 4.74 Å². The van der Waals surface area contributed by atoms with Crippen molar-refractivity contribution in [3.05, 3.63) is 29.3 Å². The van der Waals surface area contributed by atoms with Gasteiger partial charge in [0.15, 0.2) is 11.6 Å². The highest BCUT2D eigenvalue weighted by molar-refractivity contribution is 6.11. The van der Waals surface area contributed by atoms with E-state index in [1.165, 1.54) is 0 Å². The van der Waals surface area contributed by atoms with Crippen LogP contribution in [-0.2, 0) is 4.79 Å². The quantitative estimate of drug-likeness (QED) is 0.583. The van der Waals surface area contributed by atoms with E-state index in [-0.39, 0.29) is 24.6 Å². The number of aryl methyl sites for hydroxylation is 1. The van der Waals surface area contributed by atoms with Crippen LogP contribution in [-0.4, -0.2) is 18.2 Å². The Kier molecular flexibility index (Phi) is 2.08. The largest absolute Gasteiger partial charge is 0.485 e. The number of rotatable bonds is 0. The summed E-state index contributed by atoms with van der Waals surface area (Å²) >= 11 is 0. The molecule has 14 heavy (non-hydrogen) atoms. The maximum absolute atomic E-state index is 11.6. The second kappa shape index (κ2) is 3.25. The molecule has 3 nitrogen and oxygen atoms in total. The molecule has 1 heterocycles.